The number of hydrogen-bond acceptors (Lipinski definition) is 5. The summed E-state index contributed by atoms with van der Waals surface area (Å²) >= 11 is 1.53. The van der Waals surface area contributed by atoms with Crippen LogP contribution in [0.4, 0.5) is 5.82 Å². The molecule has 2 aromatic carbocycles. The summed E-state index contributed by atoms with van der Waals surface area (Å²) < 4.78 is 1.46. The topological polar surface area (TPSA) is 92.7 Å². The van der Waals surface area contributed by atoms with Gasteiger partial charge in [-0.1, -0.05) is 69.3 Å². The predicted molar refractivity (Wildman–Crippen MR) is 144 cm³/mol. The first-order chi connectivity index (χ1) is 17.3. The van der Waals surface area contributed by atoms with Crippen molar-refractivity contribution in [3.8, 4) is 27.8 Å². The second-order valence-corrected chi connectivity index (χ2v) is 10.4. The van der Waals surface area contributed by atoms with Crippen LogP contribution >= 0.6 is 11.3 Å². The number of amides is 1. The molecule has 0 saturated heterocycles. The van der Waals surface area contributed by atoms with Gasteiger partial charge in [0.1, 0.15) is 11.5 Å². The van der Waals surface area contributed by atoms with Gasteiger partial charge in [-0.25, -0.2) is 4.98 Å². The fraction of sp³-hybridized carbons (Fsp3) is 0.143. The highest BCUT2D eigenvalue weighted by molar-refractivity contribution is 7.13. The number of H-pyrrole nitrogens is 1. The lowest BCUT2D eigenvalue weighted by atomic mass is 9.87. The van der Waals surface area contributed by atoms with E-state index in [4.69, 9.17) is 0 Å². The summed E-state index contributed by atoms with van der Waals surface area (Å²) in [7, 11) is 0. The lowest BCUT2D eigenvalue weighted by Crippen LogP contribution is -2.19. The average molecular weight is 496 g/mol. The van der Waals surface area contributed by atoms with Crippen molar-refractivity contribution in [2.24, 2.45) is 0 Å². The van der Waals surface area contributed by atoms with Crippen molar-refractivity contribution in [2.45, 2.75) is 26.2 Å². The van der Waals surface area contributed by atoms with Gasteiger partial charge in [0, 0.05) is 23.3 Å². The van der Waals surface area contributed by atoms with E-state index in [0.29, 0.717) is 22.8 Å². The van der Waals surface area contributed by atoms with Crippen LogP contribution in [0.5, 0.6) is 0 Å². The molecule has 5 aromatic rings. The van der Waals surface area contributed by atoms with Crippen molar-refractivity contribution >= 4 is 23.1 Å². The average Bonchev–Trinajstić information content (AvgIpc) is 3.54. The predicted octanol–water partition coefficient (Wildman–Crippen LogP) is 5.90. The number of anilines is 1. The zero-order valence-electron chi connectivity index (χ0n) is 20.1. The summed E-state index contributed by atoms with van der Waals surface area (Å²) in [6, 6.07) is 24.1. The molecule has 0 atom stereocenters. The van der Waals surface area contributed by atoms with E-state index >= 15 is 0 Å². The minimum atomic E-state index is -0.318. The Kier molecular flexibility index (Phi) is 6.12. The van der Waals surface area contributed by atoms with E-state index in [0.717, 1.165) is 16.0 Å². The maximum Gasteiger partial charge on any atom is 0.256 e. The number of hydrogen-bond donors (Lipinski definition) is 2. The Morgan fingerprint density at radius 3 is 2.36 bits per heavy atom. The van der Waals surface area contributed by atoms with Crippen molar-refractivity contribution in [1.82, 2.24) is 19.7 Å². The quantitative estimate of drug-likeness (QED) is 0.317. The Hall–Kier alpha value is -4.30. The molecule has 5 rings (SSSR count). The second-order valence-electron chi connectivity index (χ2n) is 9.41. The molecule has 0 unspecified atom stereocenters. The fourth-order valence-electron chi connectivity index (χ4n) is 3.79. The van der Waals surface area contributed by atoms with Crippen LogP contribution in [-0.4, -0.2) is 25.7 Å². The summed E-state index contributed by atoms with van der Waals surface area (Å²) in [5, 5.41) is 9.58. The van der Waals surface area contributed by atoms with E-state index in [2.05, 4.69) is 41.2 Å². The molecule has 0 aliphatic rings. The summed E-state index contributed by atoms with van der Waals surface area (Å²) in [6.45, 7) is 6.39. The van der Waals surface area contributed by atoms with E-state index in [9.17, 15) is 9.59 Å². The highest BCUT2D eigenvalue weighted by atomic mass is 32.1. The van der Waals surface area contributed by atoms with Crippen molar-refractivity contribution in [2.75, 3.05) is 5.32 Å². The van der Waals surface area contributed by atoms with Crippen molar-refractivity contribution in [1.29, 1.82) is 0 Å². The van der Waals surface area contributed by atoms with Crippen LogP contribution in [0, 0.1) is 0 Å². The molecule has 1 amide bonds. The number of carbonyl (C=O) groups excluding carboxylic acids is 1. The van der Waals surface area contributed by atoms with E-state index < -0.39 is 0 Å². The number of aromatic amines is 1. The van der Waals surface area contributed by atoms with Gasteiger partial charge in [-0.2, -0.15) is 9.78 Å². The minimum Gasteiger partial charge on any atom is -0.306 e. The molecule has 3 aromatic heterocycles. The standard InChI is InChI=1S/C28H25N5O2S/c1-28(2,3)20-13-11-19(12-14-20)26(35)30-24-16-22(23-10-7-15-36-23)32-33(24)27-29-21(17-25(34)31-27)18-8-5-4-6-9-18/h4-17H,1-3H3,(H,30,35)(H,29,31,34). The molecule has 0 fully saturated rings. The number of thiophene rings is 1. The Morgan fingerprint density at radius 1 is 0.944 bits per heavy atom. The van der Waals surface area contributed by atoms with Gasteiger partial charge in [0.15, 0.2) is 0 Å². The van der Waals surface area contributed by atoms with Crippen molar-refractivity contribution in [3.63, 3.8) is 0 Å². The third kappa shape index (κ3) is 4.89. The van der Waals surface area contributed by atoms with Gasteiger partial charge < -0.3 is 5.32 Å². The van der Waals surface area contributed by atoms with Crippen LogP contribution in [0.25, 0.3) is 27.8 Å². The van der Waals surface area contributed by atoms with E-state index in [-0.39, 0.29) is 22.8 Å². The summed E-state index contributed by atoms with van der Waals surface area (Å²) in [4.78, 5) is 34.0. The largest absolute Gasteiger partial charge is 0.306 e. The molecule has 0 spiro atoms. The normalized spacial score (nSPS) is 11.4. The lowest BCUT2D eigenvalue weighted by molar-refractivity contribution is 0.102. The van der Waals surface area contributed by atoms with Crippen LogP contribution in [0.1, 0.15) is 36.7 Å². The zero-order valence-corrected chi connectivity index (χ0v) is 21.0. The number of carbonyl (C=O) groups is 1. The smallest absolute Gasteiger partial charge is 0.256 e. The minimum absolute atomic E-state index is 0.00938. The third-order valence-electron chi connectivity index (χ3n) is 5.74. The number of aromatic nitrogens is 4. The number of benzene rings is 2. The molecule has 8 heteroatoms. The molecular formula is C28H25N5O2S. The lowest BCUT2D eigenvalue weighted by Gasteiger charge is -2.19. The van der Waals surface area contributed by atoms with Gasteiger partial charge in [-0.3, -0.25) is 14.6 Å². The van der Waals surface area contributed by atoms with Gasteiger partial charge in [-0.05, 0) is 34.6 Å². The van der Waals surface area contributed by atoms with E-state index in [1.54, 1.807) is 6.07 Å². The van der Waals surface area contributed by atoms with Gasteiger partial charge in [0.25, 0.3) is 11.5 Å². The number of rotatable bonds is 5. The van der Waals surface area contributed by atoms with E-state index in [1.165, 1.54) is 22.1 Å². The van der Waals surface area contributed by atoms with Crippen molar-refractivity contribution < 1.29 is 4.79 Å². The molecule has 180 valence electrons. The molecule has 2 N–H and O–H groups in total. The molecule has 3 heterocycles. The molecule has 0 bridgehead atoms. The Bertz CT molecular complexity index is 1560. The number of nitrogens with zero attached hydrogens (tertiary/aromatic N) is 3. The van der Waals surface area contributed by atoms with Crippen molar-refractivity contribution in [3.05, 3.63) is 106 Å². The summed E-state index contributed by atoms with van der Waals surface area (Å²) in [5.41, 5.74) is 3.32. The monoisotopic (exact) mass is 495 g/mol. The van der Waals surface area contributed by atoms with Gasteiger partial charge in [-0.15, -0.1) is 11.3 Å². The van der Waals surface area contributed by atoms with Crippen LogP contribution in [0.15, 0.2) is 89.0 Å². The summed E-state index contributed by atoms with van der Waals surface area (Å²) in [6.07, 6.45) is 0. The first-order valence-corrected chi connectivity index (χ1v) is 12.4. The molecule has 0 aliphatic carbocycles. The highest BCUT2D eigenvalue weighted by Crippen LogP contribution is 2.28. The molecule has 7 nitrogen and oxygen atoms in total. The maximum absolute atomic E-state index is 13.2. The van der Waals surface area contributed by atoms with Crippen LogP contribution in [-0.2, 0) is 5.41 Å². The Balaban J connectivity index is 1.55. The van der Waals surface area contributed by atoms with Crippen LogP contribution in [0.3, 0.4) is 0 Å². The van der Waals surface area contributed by atoms with Gasteiger partial charge >= 0.3 is 0 Å². The zero-order chi connectivity index (χ0) is 25.3. The summed E-state index contributed by atoms with van der Waals surface area (Å²) in [5.74, 6) is 0.329. The van der Waals surface area contributed by atoms with Crippen LogP contribution < -0.4 is 10.9 Å². The van der Waals surface area contributed by atoms with Crippen LogP contribution in [0.2, 0.25) is 0 Å². The Labute approximate surface area is 212 Å². The second kappa shape index (κ2) is 9.39. The molecular weight excluding hydrogens is 470 g/mol. The molecule has 0 saturated carbocycles. The van der Waals surface area contributed by atoms with E-state index in [1.807, 2.05) is 72.1 Å². The van der Waals surface area contributed by atoms with Gasteiger partial charge in [0.2, 0.25) is 5.95 Å². The maximum atomic E-state index is 13.2. The first kappa shape index (κ1) is 23.4. The fourth-order valence-corrected chi connectivity index (χ4v) is 4.47. The number of nitrogens with one attached hydrogen (secondary N) is 2. The molecule has 36 heavy (non-hydrogen) atoms. The molecule has 0 radical (unpaired) electrons. The third-order valence-corrected chi connectivity index (χ3v) is 6.63. The van der Waals surface area contributed by atoms with Gasteiger partial charge in [0.05, 0.1) is 10.6 Å². The first-order valence-electron chi connectivity index (χ1n) is 11.5. The molecule has 0 aliphatic heterocycles. The highest BCUT2D eigenvalue weighted by Gasteiger charge is 2.19. The SMILES string of the molecule is CC(C)(C)c1ccc(C(=O)Nc2cc(-c3cccs3)nn2-c2nc(-c3ccccc3)cc(=O)[nH]2)cc1. The Morgan fingerprint density at radius 2 is 1.69 bits per heavy atom.